The summed E-state index contributed by atoms with van der Waals surface area (Å²) in [5, 5.41) is 16.2. The van der Waals surface area contributed by atoms with Gasteiger partial charge >= 0.3 is 5.97 Å². The Kier molecular flexibility index (Phi) is 6.12. The Labute approximate surface area is 172 Å². The number of carboxylic acids is 1. The zero-order valence-corrected chi connectivity index (χ0v) is 16.5. The van der Waals surface area contributed by atoms with E-state index in [9.17, 15) is 26.8 Å². The number of nitrogens with zero attached hydrogens (tertiary/aromatic N) is 2. The summed E-state index contributed by atoms with van der Waals surface area (Å²) in [4.78, 5) is 29.6. The maximum absolute atomic E-state index is 14.3. The van der Waals surface area contributed by atoms with E-state index in [1.165, 1.54) is 0 Å². The van der Waals surface area contributed by atoms with Crippen LogP contribution >= 0.6 is 11.3 Å². The SMILES string of the molecule is O=C(CNC1=NCCN1)Nc1c(F)cc(S(=O)(=O)Nc2scnc2C(=O)O)cc1F. The summed E-state index contributed by atoms with van der Waals surface area (Å²) in [5.74, 6) is -4.54. The highest BCUT2D eigenvalue weighted by atomic mass is 32.2. The highest BCUT2D eigenvalue weighted by Gasteiger charge is 2.24. The summed E-state index contributed by atoms with van der Waals surface area (Å²) in [5.41, 5.74) is -0.282. The Morgan fingerprint density at radius 3 is 2.57 bits per heavy atom. The number of rotatable bonds is 7. The fraction of sp³-hybridized carbons (Fsp3) is 0.200. The van der Waals surface area contributed by atoms with E-state index in [1.54, 1.807) is 0 Å². The lowest BCUT2D eigenvalue weighted by atomic mass is 10.3. The quantitative estimate of drug-likeness (QED) is 0.397. The number of nitrogens with one attached hydrogen (secondary N) is 4. The minimum atomic E-state index is -4.52. The summed E-state index contributed by atoms with van der Waals surface area (Å²) in [6, 6.07) is 0.997. The molecule has 0 unspecified atom stereocenters. The summed E-state index contributed by atoms with van der Waals surface area (Å²) in [6.45, 7) is 0.814. The van der Waals surface area contributed by atoms with Crippen molar-refractivity contribution in [1.29, 1.82) is 0 Å². The van der Waals surface area contributed by atoms with Crippen molar-refractivity contribution in [3.8, 4) is 0 Å². The molecule has 0 saturated heterocycles. The molecular formula is C15H14F2N6O5S2. The van der Waals surface area contributed by atoms with Crippen LogP contribution in [0.15, 0.2) is 27.5 Å². The smallest absolute Gasteiger partial charge is 0.357 e. The van der Waals surface area contributed by atoms with Crippen LogP contribution in [-0.4, -0.2) is 56.0 Å². The molecule has 0 radical (unpaired) electrons. The molecule has 30 heavy (non-hydrogen) atoms. The Morgan fingerprint density at radius 1 is 1.27 bits per heavy atom. The van der Waals surface area contributed by atoms with E-state index in [-0.39, 0.29) is 11.5 Å². The predicted molar refractivity (Wildman–Crippen MR) is 103 cm³/mol. The molecule has 1 amide bonds. The van der Waals surface area contributed by atoms with Gasteiger partial charge in [-0.15, -0.1) is 11.3 Å². The van der Waals surface area contributed by atoms with Crippen molar-refractivity contribution in [2.75, 3.05) is 29.7 Å². The molecule has 1 aromatic heterocycles. The first-order valence-electron chi connectivity index (χ1n) is 8.18. The molecule has 1 aliphatic heterocycles. The zero-order chi connectivity index (χ0) is 21.9. The summed E-state index contributed by atoms with van der Waals surface area (Å²) in [7, 11) is -4.52. The number of hydrogen-bond acceptors (Lipinski definition) is 9. The van der Waals surface area contributed by atoms with Gasteiger partial charge in [-0.25, -0.2) is 27.0 Å². The van der Waals surface area contributed by atoms with Crippen LogP contribution in [0.25, 0.3) is 0 Å². The average molecular weight is 460 g/mol. The lowest BCUT2D eigenvalue weighted by Crippen LogP contribution is -2.39. The van der Waals surface area contributed by atoms with E-state index in [2.05, 4.69) is 20.6 Å². The average Bonchev–Trinajstić information content (AvgIpc) is 3.34. The molecular weight excluding hydrogens is 446 g/mol. The van der Waals surface area contributed by atoms with E-state index < -0.39 is 49.8 Å². The van der Waals surface area contributed by atoms with E-state index in [0.29, 0.717) is 42.5 Å². The number of carboxylic acid groups (broad SMARTS) is 1. The van der Waals surface area contributed by atoms with Crippen molar-refractivity contribution in [2.24, 2.45) is 4.99 Å². The lowest BCUT2D eigenvalue weighted by molar-refractivity contribution is -0.115. The Morgan fingerprint density at radius 2 is 1.97 bits per heavy atom. The van der Waals surface area contributed by atoms with Crippen LogP contribution < -0.4 is 20.7 Å². The third kappa shape index (κ3) is 4.80. The van der Waals surface area contributed by atoms with Crippen molar-refractivity contribution in [2.45, 2.75) is 4.90 Å². The second kappa shape index (κ2) is 8.58. The van der Waals surface area contributed by atoms with Crippen molar-refractivity contribution in [1.82, 2.24) is 15.6 Å². The molecule has 0 fully saturated rings. The van der Waals surface area contributed by atoms with Gasteiger partial charge in [0, 0.05) is 6.54 Å². The third-order valence-electron chi connectivity index (χ3n) is 3.68. The van der Waals surface area contributed by atoms with E-state index in [4.69, 9.17) is 5.11 Å². The van der Waals surface area contributed by atoms with Crippen molar-refractivity contribution >= 4 is 49.9 Å². The van der Waals surface area contributed by atoms with Crippen LogP contribution in [0.2, 0.25) is 0 Å². The predicted octanol–water partition coefficient (Wildman–Crippen LogP) is 0.408. The molecule has 1 aromatic carbocycles. The number of aromatic carboxylic acids is 1. The van der Waals surface area contributed by atoms with E-state index in [1.807, 2.05) is 10.0 Å². The second-order valence-electron chi connectivity index (χ2n) is 5.76. The molecule has 15 heteroatoms. The number of sulfonamides is 1. The standard InChI is InChI=1S/C15H14F2N6O5S2/c16-8-3-7(30(27,28)23-13-12(14(25)26)21-6-29-13)4-9(17)11(8)22-10(24)5-20-15-18-1-2-19-15/h3-4,6,23H,1-2,5H2,(H,22,24)(H,25,26)(H2,18,19,20). The number of aliphatic imine (C=N–C) groups is 1. The molecule has 11 nitrogen and oxygen atoms in total. The summed E-state index contributed by atoms with van der Waals surface area (Å²) < 4.78 is 55.3. The van der Waals surface area contributed by atoms with Crippen LogP contribution in [0, 0.1) is 11.6 Å². The van der Waals surface area contributed by atoms with Crippen LogP contribution in [-0.2, 0) is 14.8 Å². The van der Waals surface area contributed by atoms with Gasteiger partial charge in [0.1, 0.15) is 10.7 Å². The van der Waals surface area contributed by atoms with Crippen molar-refractivity contribution in [3.63, 3.8) is 0 Å². The van der Waals surface area contributed by atoms with Gasteiger partial charge in [-0.2, -0.15) is 0 Å². The highest BCUT2D eigenvalue weighted by molar-refractivity contribution is 7.93. The molecule has 5 N–H and O–H groups in total. The molecule has 160 valence electrons. The number of thiazole rings is 1. The van der Waals surface area contributed by atoms with Crippen molar-refractivity contribution < 1.29 is 31.9 Å². The highest BCUT2D eigenvalue weighted by Crippen LogP contribution is 2.27. The normalized spacial score (nSPS) is 13.3. The van der Waals surface area contributed by atoms with Crippen LogP contribution in [0.3, 0.4) is 0 Å². The van der Waals surface area contributed by atoms with E-state index in [0.717, 1.165) is 5.51 Å². The topological polar surface area (TPSA) is 162 Å². The van der Waals surface area contributed by atoms with Gasteiger partial charge in [0.05, 0.1) is 23.5 Å². The van der Waals surface area contributed by atoms with Gasteiger partial charge in [0.2, 0.25) is 5.91 Å². The Balaban J connectivity index is 1.75. The maximum atomic E-state index is 14.3. The van der Waals surface area contributed by atoms with Gasteiger partial charge in [-0.1, -0.05) is 0 Å². The number of hydrogen-bond donors (Lipinski definition) is 5. The molecule has 0 aliphatic carbocycles. The molecule has 0 spiro atoms. The first-order chi connectivity index (χ1) is 14.2. The summed E-state index contributed by atoms with van der Waals surface area (Å²) >= 11 is 0.687. The molecule has 0 bridgehead atoms. The Bertz CT molecular complexity index is 1110. The zero-order valence-electron chi connectivity index (χ0n) is 14.9. The van der Waals surface area contributed by atoms with Crippen LogP contribution in [0.1, 0.15) is 10.5 Å². The first-order valence-corrected chi connectivity index (χ1v) is 10.5. The number of halogens is 2. The van der Waals surface area contributed by atoms with Gasteiger partial charge in [-0.3, -0.25) is 14.5 Å². The number of carbonyl (C=O) groups excluding carboxylic acids is 1. The lowest BCUT2D eigenvalue weighted by Gasteiger charge is -2.12. The van der Waals surface area contributed by atoms with Crippen molar-refractivity contribution in [3.05, 3.63) is 35.0 Å². The number of amides is 1. The van der Waals surface area contributed by atoms with Crippen LogP contribution in [0.5, 0.6) is 0 Å². The molecule has 0 atom stereocenters. The third-order valence-corrected chi connectivity index (χ3v) is 5.88. The monoisotopic (exact) mass is 460 g/mol. The number of anilines is 2. The van der Waals surface area contributed by atoms with Gasteiger partial charge in [0.25, 0.3) is 10.0 Å². The molecule has 2 aromatic rings. The van der Waals surface area contributed by atoms with Gasteiger partial charge < -0.3 is 21.1 Å². The summed E-state index contributed by atoms with van der Waals surface area (Å²) in [6.07, 6.45) is 0. The number of aromatic nitrogens is 1. The van der Waals surface area contributed by atoms with E-state index >= 15 is 0 Å². The minimum absolute atomic E-state index is 0.324. The first kappa shape index (κ1) is 21.4. The number of guanidine groups is 1. The molecule has 2 heterocycles. The van der Waals surface area contributed by atoms with Crippen LogP contribution in [0.4, 0.5) is 19.5 Å². The molecule has 0 saturated carbocycles. The molecule has 1 aliphatic rings. The maximum Gasteiger partial charge on any atom is 0.357 e. The molecule has 3 rings (SSSR count). The second-order valence-corrected chi connectivity index (χ2v) is 8.30. The largest absolute Gasteiger partial charge is 0.476 e. The fourth-order valence-electron chi connectivity index (χ4n) is 2.34. The van der Waals surface area contributed by atoms with Gasteiger partial charge in [0.15, 0.2) is 23.3 Å². The minimum Gasteiger partial charge on any atom is -0.476 e. The van der Waals surface area contributed by atoms with Gasteiger partial charge in [-0.05, 0) is 12.1 Å². The number of carbonyl (C=O) groups is 2. The fourth-order valence-corrected chi connectivity index (χ4v) is 4.35. The number of benzene rings is 1. The Hall–Kier alpha value is -3.33.